The lowest BCUT2D eigenvalue weighted by molar-refractivity contribution is 0.224. The minimum Gasteiger partial charge on any atom is -0.460 e. The molecule has 6 nitrogen and oxygen atoms in total. The monoisotopic (exact) mass is 740 g/mol. The number of furan rings is 2. The third-order valence-corrected chi connectivity index (χ3v) is 12.3. The van der Waals surface area contributed by atoms with Crippen LogP contribution in [0.5, 0.6) is 0 Å². The predicted molar refractivity (Wildman–Crippen MR) is 232 cm³/mol. The molecule has 0 bridgehead atoms. The van der Waals surface area contributed by atoms with Gasteiger partial charge in [0.05, 0.1) is 24.5 Å². The lowest BCUT2D eigenvalue weighted by atomic mass is 9.95. The van der Waals surface area contributed by atoms with Gasteiger partial charge in [-0.15, -0.1) is 0 Å². The summed E-state index contributed by atoms with van der Waals surface area (Å²) < 4.78 is 15.9. The highest BCUT2D eigenvalue weighted by Crippen LogP contribution is 2.42. The van der Waals surface area contributed by atoms with E-state index in [9.17, 15) is 0 Å². The average Bonchev–Trinajstić information content (AvgIpc) is 3.95. The van der Waals surface area contributed by atoms with Crippen molar-refractivity contribution in [2.24, 2.45) is 0 Å². The Hall–Kier alpha value is -6.44. The predicted octanol–water partition coefficient (Wildman–Crippen LogP) is 12.0. The molecule has 3 N–H and O–H groups in total. The largest absolute Gasteiger partial charge is 0.460 e. The smallest absolute Gasteiger partial charge is 0.136 e. The number of benzene rings is 6. The molecule has 9 aromatic rings. The molecule has 0 radical (unpaired) electrons. The summed E-state index contributed by atoms with van der Waals surface area (Å²) in [5.74, 6) is 1.03. The number of fused-ring (bicyclic) bond motifs is 9. The van der Waals surface area contributed by atoms with Crippen molar-refractivity contribution in [2.75, 3.05) is 0 Å². The second-order valence-corrected chi connectivity index (χ2v) is 15.6. The highest BCUT2D eigenvalue weighted by atomic mass is 16.3. The number of aromatic nitrogens is 1. The first kappa shape index (κ1) is 32.8. The van der Waals surface area contributed by atoms with Crippen LogP contribution in [-0.2, 0) is 6.42 Å². The van der Waals surface area contributed by atoms with Crippen LogP contribution >= 0.6 is 0 Å². The molecule has 276 valence electrons. The van der Waals surface area contributed by atoms with Gasteiger partial charge in [-0.2, -0.15) is 0 Å². The highest BCUT2D eigenvalue weighted by molar-refractivity contribution is 6.13. The molecule has 1 aliphatic heterocycles. The van der Waals surface area contributed by atoms with Crippen LogP contribution < -0.4 is 16.0 Å². The number of nitrogens with one attached hydrogen (secondary N) is 3. The standard InChI is InChI=1S/C51H40N4O2/c1-3-12-31(13-4-1)49-52-50(32-14-5-2-6-15-32)54-51(53-49)34-23-26-41-46(29-34)56-44-21-11-18-36(48(41)44)33-22-25-39-40-27-24-35(30-47(40)57-45(39)28-33)55-42-19-9-7-16-37(42)38-17-8-10-20-43(38)55/h1,3-5,7-29,35,49-54H,2,6,30H2. The van der Waals surface area contributed by atoms with E-state index in [4.69, 9.17) is 8.83 Å². The van der Waals surface area contributed by atoms with Gasteiger partial charge >= 0.3 is 0 Å². The summed E-state index contributed by atoms with van der Waals surface area (Å²) >= 11 is 0. The molecule has 4 atom stereocenters. The topological polar surface area (TPSA) is 67.3 Å². The van der Waals surface area contributed by atoms with Crippen molar-refractivity contribution in [2.45, 2.75) is 43.8 Å². The van der Waals surface area contributed by atoms with Crippen LogP contribution in [0, 0.1) is 0 Å². The Morgan fingerprint density at radius 1 is 0.544 bits per heavy atom. The van der Waals surface area contributed by atoms with Crippen molar-refractivity contribution in [3.8, 4) is 11.1 Å². The fourth-order valence-corrected chi connectivity index (χ4v) is 9.60. The van der Waals surface area contributed by atoms with Gasteiger partial charge in [-0.25, -0.2) is 0 Å². The Morgan fingerprint density at radius 2 is 1.28 bits per heavy atom. The van der Waals surface area contributed by atoms with Crippen LogP contribution in [0.3, 0.4) is 0 Å². The van der Waals surface area contributed by atoms with Gasteiger partial charge < -0.3 is 13.4 Å². The molecular formula is C51H40N4O2. The Balaban J connectivity index is 0.886. The average molecular weight is 741 g/mol. The van der Waals surface area contributed by atoms with Crippen molar-refractivity contribution in [3.63, 3.8) is 0 Å². The van der Waals surface area contributed by atoms with Crippen molar-refractivity contribution in [3.05, 3.63) is 186 Å². The first-order valence-electron chi connectivity index (χ1n) is 20.1. The van der Waals surface area contributed by atoms with Gasteiger partial charge in [0.15, 0.2) is 0 Å². The third kappa shape index (κ3) is 5.36. The fraction of sp³-hybridized carbons (Fsp3) is 0.137. The van der Waals surface area contributed by atoms with E-state index in [1.54, 1.807) is 0 Å². The summed E-state index contributed by atoms with van der Waals surface area (Å²) in [5, 5.41) is 17.4. The first-order chi connectivity index (χ1) is 28.2. The van der Waals surface area contributed by atoms with Crippen molar-refractivity contribution in [1.82, 2.24) is 20.5 Å². The van der Waals surface area contributed by atoms with E-state index in [-0.39, 0.29) is 24.5 Å². The molecular weight excluding hydrogens is 701 g/mol. The summed E-state index contributed by atoms with van der Waals surface area (Å²) in [4.78, 5) is 0. The fourth-order valence-electron chi connectivity index (χ4n) is 9.60. The summed E-state index contributed by atoms with van der Waals surface area (Å²) in [7, 11) is 0. The second kappa shape index (κ2) is 13.1. The van der Waals surface area contributed by atoms with Crippen LogP contribution in [0.25, 0.3) is 71.9 Å². The molecule has 6 aromatic carbocycles. The van der Waals surface area contributed by atoms with Crippen LogP contribution in [0.15, 0.2) is 172 Å². The van der Waals surface area contributed by atoms with E-state index in [0.717, 1.165) is 74.6 Å². The maximum atomic E-state index is 6.75. The number of allylic oxidation sites excluding steroid dienone is 3. The molecule has 57 heavy (non-hydrogen) atoms. The lowest BCUT2D eigenvalue weighted by Gasteiger charge is -2.40. The van der Waals surface area contributed by atoms with Crippen molar-refractivity contribution in [1.29, 1.82) is 0 Å². The Bertz CT molecular complexity index is 3070. The molecule has 0 saturated carbocycles. The number of nitrogens with zero attached hydrogens (tertiary/aromatic N) is 1. The van der Waals surface area contributed by atoms with Gasteiger partial charge in [-0.05, 0) is 77.1 Å². The van der Waals surface area contributed by atoms with Gasteiger partial charge in [-0.3, -0.25) is 16.0 Å². The van der Waals surface area contributed by atoms with Crippen molar-refractivity contribution < 1.29 is 8.83 Å². The zero-order chi connectivity index (χ0) is 37.5. The van der Waals surface area contributed by atoms with E-state index >= 15 is 0 Å². The maximum absolute atomic E-state index is 6.75. The molecule has 4 heterocycles. The van der Waals surface area contributed by atoms with Gasteiger partial charge in [0.2, 0.25) is 0 Å². The van der Waals surface area contributed by atoms with Gasteiger partial charge in [0, 0.05) is 49.9 Å². The molecule has 2 aliphatic carbocycles. The van der Waals surface area contributed by atoms with E-state index in [1.807, 2.05) is 0 Å². The van der Waals surface area contributed by atoms with Crippen LogP contribution in [-0.4, -0.2) is 10.7 Å². The molecule has 0 amide bonds. The van der Waals surface area contributed by atoms with Crippen LogP contribution in [0.1, 0.15) is 53.7 Å². The van der Waals surface area contributed by atoms with E-state index < -0.39 is 0 Å². The van der Waals surface area contributed by atoms with Gasteiger partial charge in [0.25, 0.3) is 0 Å². The lowest BCUT2D eigenvalue weighted by Crippen LogP contribution is -2.59. The summed E-state index contributed by atoms with van der Waals surface area (Å²) in [6.07, 6.45) is 14.3. The highest BCUT2D eigenvalue weighted by Gasteiger charge is 2.31. The van der Waals surface area contributed by atoms with Crippen molar-refractivity contribution >= 4 is 60.8 Å². The van der Waals surface area contributed by atoms with E-state index in [0.29, 0.717) is 0 Å². The number of hydrogen-bond donors (Lipinski definition) is 3. The normalized spacial score (nSPS) is 20.9. The Kier molecular flexibility index (Phi) is 7.51. The maximum Gasteiger partial charge on any atom is 0.136 e. The van der Waals surface area contributed by atoms with Crippen LogP contribution in [0.4, 0.5) is 0 Å². The zero-order valence-electron chi connectivity index (χ0n) is 31.3. The number of rotatable bonds is 5. The van der Waals surface area contributed by atoms with E-state index in [1.165, 1.54) is 38.5 Å². The number of para-hydroxylation sites is 2. The van der Waals surface area contributed by atoms with E-state index in [2.05, 4.69) is 184 Å². The van der Waals surface area contributed by atoms with Gasteiger partial charge in [0.1, 0.15) is 22.5 Å². The molecule has 3 aliphatic rings. The Morgan fingerprint density at radius 3 is 2.09 bits per heavy atom. The Labute approximate surface area is 329 Å². The quantitative estimate of drug-likeness (QED) is 0.164. The second-order valence-electron chi connectivity index (χ2n) is 15.6. The molecule has 0 spiro atoms. The summed E-state index contributed by atoms with van der Waals surface area (Å²) in [6.45, 7) is 0. The molecule has 1 saturated heterocycles. The third-order valence-electron chi connectivity index (χ3n) is 12.3. The summed E-state index contributed by atoms with van der Waals surface area (Å²) in [5.41, 5.74) is 12.2. The van der Waals surface area contributed by atoms with Gasteiger partial charge in [-0.1, -0.05) is 127 Å². The molecule has 3 aromatic heterocycles. The first-order valence-corrected chi connectivity index (χ1v) is 20.1. The molecule has 4 unspecified atom stereocenters. The number of hydrogen-bond acceptors (Lipinski definition) is 5. The minimum absolute atomic E-state index is 0.00759. The molecule has 12 rings (SSSR count). The zero-order valence-corrected chi connectivity index (χ0v) is 31.3. The minimum atomic E-state index is -0.0919. The summed E-state index contributed by atoms with van der Waals surface area (Å²) in [6, 6.07) is 47.9. The SMILES string of the molecule is C1=CC(C2NC(c3ccccc3)NC(c3ccc4c(c3)oc3cccc(-c5ccc6c7c(oc6c5)CC(n5c6ccccc6c6ccccc65)C=C7)c34)N2)=CCC1. The molecule has 6 heteroatoms. The molecule has 1 fully saturated rings. The van der Waals surface area contributed by atoms with Crippen LogP contribution in [0.2, 0.25) is 0 Å².